The Bertz CT molecular complexity index is 280. The van der Waals surface area contributed by atoms with Gasteiger partial charge in [0.05, 0.1) is 6.10 Å². The second-order valence-electron chi connectivity index (χ2n) is 4.26. The third-order valence-electron chi connectivity index (χ3n) is 2.68. The zero-order valence-corrected chi connectivity index (χ0v) is 9.59. The summed E-state index contributed by atoms with van der Waals surface area (Å²) in [6.07, 6.45) is -0.408. The standard InChI is InChI=1S/C10H18N2O4/c1-7-5-11(6-8(2)13)3-4-12(7)9(14)10(15)16/h7-8,13H,3-6H2,1-2H3,(H,15,16)/t7-,8+/m1/s1. The Morgan fingerprint density at radius 1 is 1.44 bits per heavy atom. The van der Waals surface area contributed by atoms with Gasteiger partial charge in [-0.25, -0.2) is 4.79 Å². The number of rotatable bonds is 2. The first-order valence-electron chi connectivity index (χ1n) is 5.36. The lowest BCUT2D eigenvalue weighted by Crippen LogP contribution is -2.56. The molecule has 1 saturated heterocycles. The molecule has 6 nitrogen and oxygen atoms in total. The number of piperazine rings is 1. The van der Waals surface area contributed by atoms with Crippen molar-refractivity contribution in [3.05, 3.63) is 0 Å². The van der Waals surface area contributed by atoms with Gasteiger partial charge in [-0.3, -0.25) is 9.69 Å². The number of carboxylic acids is 1. The van der Waals surface area contributed by atoms with Gasteiger partial charge in [0.25, 0.3) is 0 Å². The van der Waals surface area contributed by atoms with Crippen molar-refractivity contribution in [1.82, 2.24) is 9.80 Å². The average Bonchev–Trinajstić information content (AvgIpc) is 2.15. The molecule has 16 heavy (non-hydrogen) atoms. The average molecular weight is 230 g/mol. The Kier molecular flexibility index (Phi) is 4.26. The van der Waals surface area contributed by atoms with E-state index in [1.807, 2.05) is 11.8 Å². The summed E-state index contributed by atoms with van der Waals surface area (Å²) >= 11 is 0. The van der Waals surface area contributed by atoms with Crippen LogP contribution in [0.4, 0.5) is 0 Å². The topological polar surface area (TPSA) is 81.1 Å². The lowest BCUT2D eigenvalue weighted by atomic mass is 10.1. The molecule has 0 aromatic rings. The van der Waals surface area contributed by atoms with Gasteiger partial charge in [-0.15, -0.1) is 0 Å². The van der Waals surface area contributed by atoms with Gasteiger partial charge in [-0.2, -0.15) is 0 Å². The molecule has 1 heterocycles. The van der Waals surface area contributed by atoms with Crippen LogP contribution in [0.15, 0.2) is 0 Å². The van der Waals surface area contributed by atoms with Gasteiger partial charge >= 0.3 is 11.9 Å². The lowest BCUT2D eigenvalue weighted by Gasteiger charge is -2.39. The number of hydrogen-bond donors (Lipinski definition) is 2. The summed E-state index contributed by atoms with van der Waals surface area (Å²) < 4.78 is 0. The summed E-state index contributed by atoms with van der Waals surface area (Å²) in [5, 5.41) is 17.9. The molecule has 2 N–H and O–H groups in total. The van der Waals surface area contributed by atoms with Gasteiger partial charge in [0.1, 0.15) is 0 Å². The van der Waals surface area contributed by atoms with Crippen LogP contribution >= 0.6 is 0 Å². The Hall–Kier alpha value is -1.14. The summed E-state index contributed by atoms with van der Waals surface area (Å²) in [4.78, 5) is 25.2. The number of aliphatic carboxylic acids is 1. The number of aliphatic hydroxyl groups is 1. The fraction of sp³-hybridized carbons (Fsp3) is 0.800. The first-order chi connectivity index (χ1) is 7.41. The highest BCUT2D eigenvalue weighted by Crippen LogP contribution is 2.10. The van der Waals surface area contributed by atoms with Crippen LogP contribution in [0, 0.1) is 0 Å². The fourth-order valence-electron chi connectivity index (χ4n) is 2.00. The number of carbonyl (C=O) groups excluding carboxylic acids is 1. The second-order valence-corrected chi connectivity index (χ2v) is 4.26. The molecule has 0 unspecified atom stereocenters. The minimum absolute atomic E-state index is 0.129. The summed E-state index contributed by atoms with van der Waals surface area (Å²) in [6, 6.07) is -0.129. The van der Waals surface area contributed by atoms with Crippen LogP contribution in [0.3, 0.4) is 0 Å². The molecule has 6 heteroatoms. The van der Waals surface area contributed by atoms with E-state index in [2.05, 4.69) is 0 Å². The molecule has 1 aliphatic rings. The van der Waals surface area contributed by atoms with Crippen molar-refractivity contribution in [3.63, 3.8) is 0 Å². The van der Waals surface area contributed by atoms with Crippen molar-refractivity contribution in [1.29, 1.82) is 0 Å². The maximum atomic E-state index is 11.3. The maximum Gasteiger partial charge on any atom is 0.394 e. The maximum absolute atomic E-state index is 11.3. The van der Waals surface area contributed by atoms with Crippen LogP contribution in [0.25, 0.3) is 0 Å². The van der Waals surface area contributed by atoms with Crippen molar-refractivity contribution in [2.24, 2.45) is 0 Å². The molecule has 0 saturated carbocycles. The summed E-state index contributed by atoms with van der Waals surface area (Å²) in [6.45, 7) is 5.69. The lowest BCUT2D eigenvalue weighted by molar-refractivity contribution is -0.158. The van der Waals surface area contributed by atoms with Crippen molar-refractivity contribution < 1.29 is 19.8 Å². The molecule has 0 radical (unpaired) electrons. The van der Waals surface area contributed by atoms with Gasteiger partial charge in [0, 0.05) is 32.2 Å². The van der Waals surface area contributed by atoms with E-state index < -0.39 is 18.0 Å². The van der Waals surface area contributed by atoms with E-state index in [1.165, 1.54) is 4.90 Å². The van der Waals surface area contributed by atoms with Gasteiger partial charge in [-0.1, -0.05) is 0 Å². The number of aliphatic hydroxyl groups excluding tert-OH is 1. The minimum Gasteiger partial charge on any atom is -0.474 e. The van der Waals surface area contributed by atoms with Gasteiger partial charge in [-0.05, 0) is 13.8 Å². The molecule has 0 aromatic carbocycles. The number of amides is 1. The highest BCUT2D eigenvalue weighted by molar-refractivity contribution is 6.31. The number of carbonyl (C=O) groups is 2. The van der Waals surface area contributed by atoms with Crippen LogP contribution in [0.1, 0.15) is 13.8 Å². The van der Waals surface area contributed by atoms with Gasteiger partial charge in [0.15, 0.2) is 0 Å². The molecule has 1 rings (SSSR count). The molecular formula is C10H18N2O4. The van der Waals surface area contributed by atoms with Crippen molar-refractivity contribution >= 4 is 11.9 Å². The van der Waals surface area contributed by atoms with Crippen LogP contribution in [-0.4, -0.2) is 70.2 Å². The second kappa shape index (κ2) is 5.27. The highest BCUT2D eigenvalue weighted by atomic mass is 16.4. The Balaban J connectivity index is 2.52. The van der Waals surface area contributed by atoms with E-state index >= 15 is 0 Å². The number of carboxylic acid groups (broad SMARTS) is 1. The smallest absolute Gasteiger partial charge is 0.394 e. The van der Waals surface area contributed by atoms with Crippen LogP contribution in [-0.2, 0) is 9.59 Å². The first-order valence-corrected chi connectivity index (χ1v) is 5.36. The van der Waals surface area contributed by atoms with E-state index in [-0.39, 0.29) is 6.04 Å². The minimum atomic E-state index is -1.41. The zero-order valence-electron chi connectivity index (χ0n) is 9.59. The van der Waals surface area contributed by atoms with Gasteiger partial charge < -0.3 is 15.1 Å². The predicted molar refractivity (Wildman–Crippen MR) is 56.9 cm³/mol. The van der Waals surface area contributed by atoms with E-state index in [9.17, 15) is 14.7 Å². The molecule has 0 aliphatic carbocycles. The van der Waals surface area contributed by atoms with E-state index in [1.54, 1.807) is 6.92 Å². The number of nitrogens with zero attached hydrogens (tertiary/aromatic N) is 2. The monoisotopic (exact) mass is 230 g/mol. The number of hydrogen-bond acceptors (Lipinski definition) is 4. The molecule has 1 aliphatic heterocycles. The van der Waals surface area contributed by atoms with Crippen molar-refractivity contribution in [2.45, 2.75) is 26.0 Å². The molecule has 1 fully saturated rings. The summed E-state index contributed by atoms with van der Waals surface area (Å²) in [7, 11) is 0. The Morgan fingerprint density at radius 2 is 2.06 bits per heavy atom. The molecule has 92 valence electrons. The van der Waals surface area contributed by atoms with E-state index in [0.29, 0.717) is 26.2 Å². The van der Waals surface area contributed by atoms with E-state index in [0.717, 1.165) is 0 Å². The van der Waals surface area contributed by atoms with E-state index in [4.69, 9.17) is 5.11 Å². The fourth-order valence-corrected chi connectivity index (χ4v) is 2.00. The zero-order chi connectivity index (χ0) is 12.3. The molecule has 0 bridgehead atoms. The quantitative estimate of drug-likeness (QED) is 0.594. The molecule has 0 aromatic heterocycles. The molecule has 2 atom stereocenters. The van der Waals surface area contributed by atoms with Gasteiger partial charge in [0.2, 0.25) is 0 Å². The van der Waals surface area contributed by atoms with Crippen LogP contribution < -0.4 is 0 Å². The van der Waals surface area contributed by atoms with Crippen LogP contribution in [0.5, 0.6) is 0 Å². The van der Waals surface area contributed by atoms with Crippen molar-refractivity contribution in [2.75, 3.05) is 26.2 Å². The molecule has 0 spiro atoms. The summed E-state index contributed by atoms with van der Waals surface area (Å²) in [5.41, 5.74) is 0. The Morgan fingerprint density at radius 3 is 2.50 bits per heavy atom. The third kappa shape index (κ3) is 3.18. The first kappa shape index (κ1) is 12.9. The Labute approximate surface area is 94.4 Å². The largest absolute Gasteiger partial charge is 0.474 e. The summed E-state index contributed by atoms with van der Waals surface area (Å²) in [5.74, 6) is -2.25. The third-order valence-corrected chi connectivity index (χ3v) is 2.68. The molecule has 1 amide bonds. The van der Waals surface area contributed by atoms with Crippen LogP contribution in [0.2, 0.25) is 0 Å². The highest BCUT2D eigenvalue weighted by Gasteiger charge is 2.30. The predicted octanol–water partition coefficient (Wildman–Crippen LogP) is -1.02. The molecular weight excluding hydrogens is 212 g/mol. The number of β-amino-alcohol motifs (C(OH)–C–C–N with tert-alkyl or cyclic N) is 1. The SMILES string of the molecule is C[C@H](O)CN1CCN(C(=O)C(=O)O)[C@H](C)C1. The normalized spacial score (nSPS) is 24.2. The van der Waals surface area contributed by atoms with Crippen molar-refractivity contribution in [3.8, 4) is 0 Å².